The van der Waals surface area contributed by atoms with E-state index in [0.717, 1.165) is 24.2 Å². The van der Waals surface area contributed by atoms with Crippen molar-refractivity contribution < 1.29 is 13.9 Å². The Balaban J connectivity index is 1.47. The number of carbonyl (C=O) groups excluding carboxylic acids is 1. The SMILES string of the molecule is Cc1cccc(OCCN(C)C(=O)C2CCN(c3oc(C)nc3C#N)CC2)c1. The van der Waals surface area contributed by atoms with E-state index < -0.39 is 0 Å². The molecule has 7 nitrogen and oxygen atoms in total. The molecular weight excluding hydrogens is 356 g/mol. The number of aryl methyl sites for hydroxylation is 2. The zero-order valence-corrected chi connectivity index (χ0v) is 16.6. The van der Waals surface area contributed by atoms with Gasteiger partial charge < -0.3 is 19.0 Å². The van der Waals surface area contributed by atoms with Crippen LogP contribution in [0.25, 0.3) is 0 Å². The number of nitrogens with zero attached hydrogens (tertiary/aromatic N) is 4. The monoisotopic (exact) mass is 382 g/mol. The summed E-state index contributed by atoms with van der Waals surface area (Å²) in [6.07, 6.45) is 1.46. The van der Waals surface area contributed by atoms with Crippen LogP contribution in [0.5, 0.6) is 5.75 Å². The molecule has 0 unspecified atom stereocenters. The number of ether oxygens (including phenoxy) is 1. The summed E-state index contributed by atoms with van der Waals surface area (Å²) in [5.41, 5.74) is 1.46. The lowest BCUT2D eigenvalue weighted by atomic mass is 9.95. The van der Waals surface area contributed by atoms with Crippen LogP contribution in [0.15, 0.2) is 28.7 Å². The summed E-state index contributed by atoms with van der Waals surface area (Å²) in [5.74, 6) is 1.95. The van der Waals surface area contributed by atoms with Crippen molar-refractivity contribution >= 4 is 11.8 Å². The quantitative estimate of drug-likeness (QED) is 0.764. The Morgan fingerprint density at radius 3 is 2.82 bits per heavy atom. The molecule has 28 heavy (non-hydrogen) atoms. The highest BCUT2D eigenvalue weighted by molar-refractivity contribution is 5.79. The van der Waals surface area contributed by atoms with Gasteiger partial charge in [-0.05, 0) is 37.5 Å². The second-order valence-electron chi connectivity index (χ2n) is 7.18. The van der Waals surface area contributed by atoms with Crippen LogP contribution < -0.4 is 9.64 Å². The molecule has 0 aliphatic carbocycles. The zero-order chi connectivity index (χ0) is 20.1. The molecule has 1 saturated heterocycles. The van der Waals surface area contributed by atoms with Crippen molar-refractivity contribution in [2.75, 3.05) is 38.2 Å². The van der Waals surface area contributed by atoms with Gasteiger partial charge in [0, 0.05) is 33.0 Å². The van der Waals surface area contributed by atoms with Crippen LogP contribution in [-0.4, -0.2) is 49.1 Å². The molecule has 1 aliphatic rings. The molecule has 1 fully saturated rings. The zero-order valence-electron chi connectivity index (χ0n) is 16.6. The van der Waals surface area contributed by atoms with Gasteiger partial charge in [-0.2, -0.15) is 5.26 Å². The third-order valence-electron chi connectivity index (χ3n) is 5.01. The normalized spacial score (nSPS) is 14.6. The summed E-state index contributed by atoms with van der Waals surface area (Å²) in [4.78, 5) is 20.6. The predicted octanol–water partition coefficient (Wildman–Crippen LogP) is 2.92. The van der Waals surface area contributed by atoms with E-state index in [-0.39, 0.29) is 11.8 Å². The topological polar surface area (TPSA) is 82.6 Å². The first kappa shape index (κ1) is 19.7. The Morgan fingerprint density at radius 1 is 1.39 bits per heavy atom. The van der Waals surface area contributed by atoms with E-state index in [1.807, 2.05) is 43.1 Å². The van der Waals surface area contributed by atoms with Crippen molar-refractivity contribution in [2.24, 2.45) is 5.92 Å². The number of hydrogen-bond donors (Lipinski definition) is 0. The van der Waals surface area contributed by atoms with Crippen LogP contribution in [0.4, 0.5) is 5.88 Å². The first-order chi connectivity index (χ1) is 13.5. The molecule has 1 aromatic carbocycles. The third kappa shape index (κ3) is 4.63. The van der Waals surface area contributed by atoms with Crippen LogP contribution in [0.3, 0.4) is 0 Å². The number of rotatable bonds is 6. The molecule has 2 aromatic rings. The fourth-order valence-corrected chi connectivity index (χ4v) is 3.46. The van der Waals surface area contributed by atoms with E-state index in [1.54, 1.807) is 11.8 Å². The van der Waals surface area contributed by atoms with Crippen molar-refractivity contribution in [3.05, 3.63) is 41.4 Å². The maximum atomic E-state index is 12.7. The summed E-state index contributed by atoms with van der Waals surface area (Å²) in [7, 11) is 1.82. The van der Waals surface area contributed by atoms with Gasteiger partial charge in [-0.15, -0.1) is 0 Å². The van der Waals surface area contributed by atoms with Gasteiger partial charge in [-0.3, -0.25) is 4.79 Å². The Bertz CT molecular complexity index is 863. The first-order valence-electron chi connectivity index (χ1n) is 9.55. The van der Waals surface area contributed by atoms with Crippen molar-refractivity contribution in [1.29, 1.82) is 5.26 Å². The number of amides is 1. The summed E-state index contributed by atoms with van der Waals surface area (Å²) >= 11 is 0. The molecule has 1 aromatic heterocycles. The van der Waals surface area contributed by atoms with E-state index in [9.17, 15) is 10.1 Å². The van der Waals surface area contributed by atoms with Gasteiger partial charge in [0.05, 0.1) is 6.54 Å². The highest BCUT2D eigenvalue weighted by Crippen LogP contribution is 2.27. The van der Waals surface area contributed by atoms with Gasteiger partial charge >= 0.3 is 0 Å². The average Bonchev–Trinajstić information content (AvgIpc) is 3.08. The molecule has 2 heterocycles. The highest BCUT2D eigenvalue weighted by atomic mass is 16.5. The van der Waals surface area contributed by atoms with Crippen LogP contribution in [0, 0.1) is 31.1 Å². The molecule has 1 amide bonds. The number of hydrogen-bond acceptors (Lipinski definition) is 6. The number of aromatic nitrogens is 1. The van der Waals surface area contributed by atoms with E-state index in [1.165, 1.54) is 0 Å². The Kier molecular flexibility index (Phi) is 6.19. The molecule has 7 heteroatoms. The molecule has 0 saturated carbocycles. The van der Waals surface area contributed by atoms with Crippen molar-refractivity contribution in [3.8, 4) is 11.8 Å². The highest BCUT2D eigenvalue weighted by Gasteiger charge is 2.29. The van der Waals surface area contributed by atoms with Gasteiger partial charge in [0.2, 0.25) is 17.5 Å². The minimum atomic E-state index is -0.0187. The maximum absolute atomic E-state index is 12.7. The van der Waals surface area contributed by atoms with E-state index in [2.05, 4.69) is 11.1 Å². The minimum Gasteiger partial charge on any atom is -0.492 e. The predicted molar refractivity (Wildman–Crippen MR) is 105 cm³/mol. The number of nitriles is 1. The smallest absolute Gasteiger partial charge is 0.234 e. The molecule has 0 radical (unpaired) electrons. The number of anilines is 1. The lowest BCUT2D eigenvalue weighted by Gasteiger charge is -2.33. The second-order valence-corrected chi connectivity index (χ2v) is 7.18. The fourth-order valence-electron chi connectivity index (χ4n) is 3.46. The maximum Gasteiger partial charge on any atom is 0.234 e. The Morgan fingerprint density at radius 2 is 2.14 bits per heavy atom. The van der Waals surface area contributed by atoms with Crippen LogP contribution in [0.2, 0.25) is 0 Å². The molecule has 0 N–H and O–H groups in total. The Hall–Kier alpha value is -3.01. The average molecular weight is 382 g/mol. The first-order valence-corrected chi connectivity index (χ1v) is 9.55. The van der Waals surface area contributed by atoms with Gasteiger partial charge in [0.1, 0.15) is 18.4 Å². The Labute approximate surface area is 165 Å². The summed E-state index contributed by atoms with van der Waals surface area (Å²) < 4.78 is 11.3. The van der Waals surface area contributed by atoms with E-state index in [0.29, 0.717) is 43.7 Å². The summed E-state index contributed by atoms with van der Waals surface area (Å²) in [6, 6.07) is 9.96. The van der Waals surface area contributed by atoms with Gasteiger partial charge in [-0.25, -0.2) is 4.98 Å². The van der Waals surface area contributed by atoms with E-state index >= 15 is 0 Å². The molecular formula is C21H26N4O3. The lowest BCUT2D eigenvalue weighted by molar-refractivity contribution is -0.135. The molecule has 0 atom stereocenters. The van der Waals surface area contributed by atoms with Crippen LogP contribution in [-0.2, 0) is 4.79 Å². The molecule has 3 rings (SSSR count). The lowest BCUT2D eigenvalue weighted by Crippen LogP contribution is -2.42. The number of benzene rings is 1. The molecule has 0 bridgehead atoms. The number of piperidine rings is 1. The standard InChI is InChI=1S/C21H26N4O3/c1-15-5-4-6-18(13-15)27-12-11-24(3)20(26)17-7-9-25(10-8-17)21-19(14-22)23-16(2)28-21/h4-6,13,17H,7-12H2,1-3H3. The largest absolute Gasteiger partial charge is 0.492 e. The number of carbonyl (C=O) groups is 1. The second kappa shape index (κ2) is 8.79. The van der Waals surface area contributed by atoms with Gasteiger partial charge in [0.25, 0.3) is 0 Å². The molecule has 0 spiro atoms. The molecule has 148 valence electrons. The fraction of sp³-hybridized carbons (Fsp3) is 0.476. The van der Waals surface area contributed by atoms with Crippen LogP contribution >= 0.6 is 0 Å². The van der Waals surface area contributed by atoms with E-state index in [4.69, 9.17) is 9.15 Å². The minimum absolute atomic E-state index is 0.0187. The van der Waals surface area contributed by atoms with Crippen molar-refractivity contribution in [3.63, 3.8) is 0 Å². The number of oxazole rings is 1. The summed E-state index contributed by atoms with van der Waals surface area (Å²) in [6.45, 7) is 6.12. The molecule has 1 aliphatic heterocycles. The summed E-state index contributed by atoms with van der Waals surface area (Å²) in [5, 5.41) is 9.18. The van der Waals surface area contributed by atoms with Gasteiger partial charge in [-0.1, -0.05) is 12.1 Å². The number of likely N-dealkylation sites (N-methyl/N-ethyl adjacent to an activating group) is 1. The third-order valence-corrected chi connectivity index (χ3v) is 5.01. The van der Waals surface area contributed by atoms with Crippen molar-refractivity contribution in [2.45, 2.75) is 26.7 Å². The van der Waals surface area contributed by atoms with Gasteiger partial charge in [0.15, 0.2) is 5.89 Å². The van der Waals surface area contributed by atoms with Crippen LogP contribution in [0.1, 0.15) is 30.0 Å². The van der Waals surface area contributed by atoms with Crippen molar-refractivity contribution in [1.82, 2.24) is 9.88 Å².